The Labute approximate surface area is 116 Å². The van der Waals surface area contributed by atoms with E-state index >= 15 is 0 Å². The van der Waals surface area contributed by atoms with Crippen molar-refractivity contribution in [2.24, 2.45) is 0 Å². The van der Waals surface area contributed by atoms with Crippen LogP contribution in [0.15, 0.2) is 29.2 Å². The molecule has 1 amide bonds. The highest BCUT2D eigenvalue weighted by molar-refractivity contribution is 7.99. The van der Waals surface area contributed by atoms with Gasteiger partial charge in [0, 0.05) is 17.2 Å². The molecule has 0 spiro atoms. The molecular weight excluding hydrogens is 294 g/mol. The Morgan fingerprint density at radius 2 is 2.17 bits per heavy atom. The van der Waals surface area contributed by atoms with Gasteiger partial charge in [-0.15, -0.1) is 0 Å². The third-order valence-electron chi connectivity index (χ3n) is 2.03. The molecule has 1 aromatic rings. The van der Waals surface area contributed by atoms with Crippen LogP contribution in [0.1, 0.15) is 13.3 Å². The Bertz CT molecular complexity index is 517. The predicted octanol–water partition coefficient (Wildman–Crippen LogP) is 2.29. The zero-order valence-corrected chi connectivity index (χ0v) is 12.2. The number of carbonyl (C=O) groups excluding carboxylic acids is 1. The summed E-state index contributed by atoms with van der Waals surface area (Å²) in [5.74, 6) is 0.998. The topological polar surface area (TPSA) is 63.2 Å². The SMILES string of the molecule is CCSCCC(=O)NS(=O)(=O)c1cccc(Cl)c1. The fourth-order valence-corrected chi connectivity index (χ4v) is 3.14. The molecule has 1 N–H and O–H groups in total. The number of benzene rings is 1. The van der Waals surface area contributed by atoms with E-state index in [0.29, 0.717) is 10.8 Å². The van der Waals surface area contributed by atoms with E-state index in [0.717, 1.165) is 5.75 Å². The van der Waals surface area contributed by atoms with Gasteiger partial charge < -0.3 is 0 Å². The highest BCUT2D eigenvalue weighted by atomic mass is 35.5. The van der Waals surface area contributed by atoms with Gasteiger partial charge in [-0.05, 0) is 24.0 Å². The fourth-order valence-electron chi connectivity index (χ4n) is 1.20. The largest absolute Gasteiger partial charge is 0.274 e. The second-order valence-electron chi connectivity index (χ2n) is 3.43. The maximum atomic E-state index is 11.8. The summed E-state index contributed by atoms with van der Waals surface area (Å²) in [6, 6.07) is 5.79. The molecular formula is C11H14ClNO3S2. The molecule has 0 bridgehead atoms. The van der Waals surface area contributed by atoms with Gasteiger partial charge in [-0.3, -0.25) is 4.79 Å². The highest BCUT2D eigenvalue weighted by Gasteiger charge is 2.17. The number of thioether (sulfide) groups is 1. The van der Waals surface area contributed by atoms with Crippen LogP contribution in [0.2, 0.25) is 5.02 Å². The Kier molecular flexibility index (Phi) is 5.98. The number of amides is 1. The van der Waals surface area contributed by atoms with Gasteiger partial charge in [-0.1, -0.05) is 24.6 Å². The average molecular weight is 308 g/mol. The smallest absolute Gasteiger partial charge is 0.264 e. The lowest BCUT2D eigenvalue weighted by Gasteiger charge is -2.06. The summed E-state index contributed by atoms with van der Waals surface area (Å²) in [7, 11) is -3.81. The van der Waals surface area contributed by atoms with Gasteiger partial charge in [0.2, 0.25) is 5.91 Å². The van der Waals surface area contributed by atoms with E-state index in [1.807, 2.05) is 11.6 Å². The third-order valence-corrected chi connectivity index (χ3v) is 4.54. The molecule has 4 nitrogen and oxygen atoms in total. The Morgan fingerprint density at radius 3 is 2.78 bits per heavy atom. The van der Waals surface area contributed by atoms with Crippen LogP contribution >= 0.6 is 23.4 Å². The second-order valence-corrected chi connectivity index (χ2v) is 6.95. The molecule has 0 saturated heterocycles. The van der Waals surface area contributed by atoms with Gasteiger partial charge in [0.15, 0.2) is 0 Å². The number of hydrogen-bond donors (Lipinski definition) is 1. The van der Waals surface area contributed by atoms with Crippen LogP contribution in [0.4, 0.5) is 0 Å². The number of hydrogen-bond acceptors (Lipinski definition) is 4. The van der Waals surface area contributed by atoms with Gasteiger partial charge in [-0.25, -0.2) is 13.1 Å². The van der Waals surface area contributed by atoms with Gasteiger partial charge >= 0.3 is 0 Å². The van der Waals surface area contributed by atoms with Crippen molar-refractivity contribution in [3.63, 3.8) is 0 Å². The minimum absolute atomic E-state index is 0.00788. The van der Waals surface area contributed by atoms with Gasteiger partial charge in [0.05, 0.1) is 4.90 Å². The maximum absolute atomic E-state index is 11.8. The molecule has 18 heavy (non-hydrogen) atoms. The third kappa shape index (κ3) is 4.88. The number of carbonyl (C=O) groups is 1. The molecule has 1 rings (SSSR count). The van der Waals surface area contributed by atoms with E-state index in [4.69, 9.17) is 11.6 Å². The zero-order valence-electron chi connectivity index (χ0n) is 9.85. The van der Waals surface area contributed by atoms with Crippen molar-refractivity contribution >= 4 is 39.3 Å². The monoisotopic (exact) mass is 307 g/mol. The molecule has 0 aromatic heterocycles. The van der Waals surface area contributed by atoms with Crippen LogP contribution in [0.3, 0.4) is 0 Å². The molecule has 0 aliphatic heterocycles. The van der Waals surface area contributed by atoms with E-state index in [-0.39, 0.29) is 11.3 Å². The number of halogens is 1. The van der Waals surface area contributed by atoms with Crippen LogP contribution < -0.4 is 4.72 Å². The first kappa shape index (κ1) is 15.3. The lowest BCUT2D eigenvalue weighted by atomic mass is 10.4. The van der Waals surface area contributed by atoms with Crippen molar-refractivity contribution in [2.45, 2.75) is 18.2 Å². The summed E-state index contributed by atoms with van der Waals surface area (Å²) < 4.78 is 25.7. The van der Waals surface area contributed by atoms with E-state index < -0.39 is 15.9 Å². The van der Waals surface area contributed by atoms with Gasteiger partial charge in [0.1, 0.15) is 0 Å². The van der Waals surface area contributed by atoms with Gasteiger partial charge in [0.25, 0.3) is 10.0 Å². The first-order valence-electron chi connectivity index (χ1n) is 5.34. The van der Waals surface area contributed by atoms with Crippen molar-refractivity contribution in [3.8, 4) is 0 Å². The van der Waals surface area contributed by atoms with Crippen molar-refractivity contribution < 1.29 is 13.2 Å². The summed E-state index contributed by atoms with van der Waals surface area (Å²) in [4.78, 5) is 11.4. The molecule has 100 valence electrons. The molecule has 0 saturated carbocycles. The van der Waals surface area contributed by atoms with Crippen molar-refractivity contribution in [3.05, 3.63) is 29.3 Å². The van der Waals surface area contributed by atoms with E-state index in [9.17, 15) is 13.2 Å². The fraction of sp³-hybridized carbons (Fsp3) is 0.364. The summed E-state index contributed by atoms with van der Waals surface area (Å²) in [5.41, 5.74) is 0. The van der Waals surface area contributed by atoms with Crippen LogP contribution in [-0.2, 0) is 14.8 Å². The number of nitrogens with one attached hydrogen (secondary N) is 1. The summed E-state index contributed by atoms with van der Waals surface area (Å²) >= 11 is 7.29. The summed E-state index contributed by atoms with van der Waals surface area (Å²) in [6.45, 7) is 1.98. The number of rotatable bonds is 6. The second kappa shape index (κ2) is 7.01. The predicted molar refractivity (Wildman–Crippen MR) is 74.4 cm³/mol. The number of sulfonamides is 1. The Hall–Kier alpha value is -0.720. The molecule has 1 aromatic carbocycles. The minimum atomic E-state index is -3.81. The van der Waals surface area contributed by atoms with Crippen molar-refractivity contribution in [1.29, 1.82) is 0 Å². The van der Waals surface area contributed by atoms with Crippen LogP contribution in [-0.4, -0.2) is 25.8 Å². The van der Waals surface area contributed by atoms with Crippen LogP contribution in [0.5, 0.6) is 0 Å². The summed E-state index contributed by atoms with van der Waals surface area (Å²) in [5, 5.41) is 0.312. The molecule has 0 radical (unpaired) electrons. The first-order valence-corrected chi connectivity index (χ1v) is 8.36. The van der Waals surface area contributed by atoms with Gasteiger partial charge in [-0.2, -0.15) is 11.8 Å². The zero-order chi connectivity index (χ0) is 13.6. The minimum Gasteiger partial charge on any atom is -0.274 e. The van der Waals surface area contributed by atoms with Crippen LogP contribution in [0, 0.1) is 0 Å². The molecule has 0 fully saturated rings. The molecule has 0 unspecified atom stereocenters. The average Bonchev–Trinajstić information content (AvgIpc) is 2.28. The highest BCUT2D eigenvalue weighted by Crippen LogP contribution is 2.15. The lowest BCUT2D eigenvalue weighted by molar-refractivity contribution is -0.118. The normalized spacial score (nSPS) is 11.2. The van der Waals surface area contributed by atoms with E-state index in [1.54, 1.807) is 17.8 Å². The standard InChI is InChI=1S/C11H14ClNO3S2/c1-2-17-7-6-11(14)13-18(15,16)10-5-3-4-9(12)8-10/h3-5,8H,2,6-7H2,1H3,(H,13,14). The molecule has 7 heteroatoms. The lowest BCUT2D eigenvalue weighted by Crippen LogP contribution is -2.30. The maximum Gasteiger partial charge on any atom is 0.264 e. The first-order chi connectivity index (χ1) is 8.45. The Balaban J connectivity index is 2.68. The van der Waals surface area contributed by atoms with E-state index in [2.05, 4.69) is 0 Å². The molecule has 0 atom stereocenters. The van der Waals surface area contributed by atoms with E-state index in [1.165, 1.54) is 18.2 Å². The molecule has 0 aliphatic rings. The van der Waals surface area contributed by atoms with Crippen molar-refractivity contribution in [2.75, 3.05) is 11.5 Å². The summed E-state index contributed by atoms with van der Waals surface area (Å²) in [6.07, 6.45) is 0.179. The quantitative estimate of drug-likeness (QED) is 0.819. The van der Waals surface area contributed by atoms with Crippen LogP contribution in [0.25, 0.3) is 0 Å². The Morgan fingerprint density at radius 1 is 1.44 bits per heavy atom. The molecule has 0 aliphatic carbocycles. The van der Waals surface area contributed by atoms with Crippen molar-refractivity contribution in [1.82, 2.24) is 4.72 Å². The molecule has 0 heterocycles.